The lowest BCUT2D eigenvalue weighted by Gasteiger charge is -2.20. The summed E-state index contributed by atoms with van der Waals surface area (Å²) in [5, 5.41) is 3.37. The lowest BCUT2D eigenvalue weighted by molar-refractivity contribution is 0.267. The van der Waals surface area contributed by atoms with Crippen LogP contribution in [-0.2, 0) is 19.5 Å². The quantitative estimate of drug-likeness (QED) is 0.742. The lowest BCUT2D eigenvalue weighted by atomic mass is 10.2. The van der Waals surface area contributed by atoms with E-state index in [0.717, 1.165) is 43.2 Å². The molecule has 1 heterocycles. The largest absolute Gasteiger partial charge is 0.493 e. The van der Waals surface area contributed by atoms with Crippen molar-refractivity contribution in [2.75, 3.05) is 20.8 Å². The van der Waals surface area contributed by atoms with Crippen LogP contribution < -0.4 is 9.47 Å². The molecule has 0 bridgehead atoms. The molecule has 2 aromatic rings. The molecule has 0 spiro atoms. The maximum Gasteiger partial charge on any atom is 0.161 e. The van der Waals surface area contributed by atoms with E-state index in [1.54, 1.807) is 25.6 Å². The van der Waals surface area contributed by atoms with Crippen molar-refractivity contribution in [3.63, 3.8) is 0 Å². The Bertz CT molecular complexity index is 598. The topological polar surface area (TPSA) is 34.6 Å². The van der Waals surface area contributed by atoms with Crippen LogP contribution in [0.2, 0.25) is 0 Å². The molecule has 0 saturated heterocycles. The number of benzene rings is 1. The van der Waals surface area contributed by atoms with Crippen molar-refractivity contribution in [3.05, 3.63) is 39.8 Å². The molecule has 0 aliphatic rings. The summed E-state index contributed by atoms with van der Waals surface area (Å²) in [6, 6.07) is 6.09. The molecule has 2 rings (SSSR count). The second kappa shape index (κ2) is 8.15. The maximum absolute atomic E-state index is 5.37. The molecule has 0 radical (unpaired) electrons. The highest BCUT2D eigenvalue weighted by Gasteiger charge is 2.10. The summed E-state index contributed by atoms with van der Waals surface area (Å²) >= 11 is 1.75. The van der Waals surface area contributed by atoms with E-state index in [2.05, 4.69) is 35.2 Å². The summed E-state index contributed by atoms with van der Waals surface area (Å²) in [5.41, 5.74) is 2.37. The molecule has 120 valence electrons. The number of aryl methyl sites for hydroxylation is 1. The number of methoxy groups -OCH3 is 2. The minimum atomic E-state index is 0.765. The summed E-state index contributed by atoms with van der Waals surface area (Å²) in [6.07, 6.45) is 1.01. The van der Waals surface area contributed by atoms with Gasteiger partial charge in [-0.05, 0) is 30.7 Å². The van der Waals surface area contributed by atoms with Crippen LogP contribution in [0.4, 0.5) is 0 Å². The van der Waals surface area contributed by atoms with Crippen LogP contribution >= 0.6 is 11.3 Å². The van der Waals surface area contributed by atoms with Gasteiger partial charge in [-0.2, -0.15) is 0 Å². The van der Waals surface area contributed by atoms with Gasteiger partial charge < -0.3 is 9.47 Å². The molecule has 0 atom stereocenters. The molecule has 0 N–H and O–H groups in total. The van der Waals surface area contributed by atoms with Crippen molar-refractivity contribution in [2.24, 2.45) is 0 Å². The fourth-order valence-electron chi connectivity index (χ4n) is 2.33. The second-order valence-electron chi connectivity index (χ2n) is 5.08. The fourth-order valence-corrected chi connectivity index (χ4v) is 3.07. The zero-order chi connectivity index (χ0) is 15.9. The number of hydrogen-bond donors (Lipinski definition) is 0. The summed E-state index contributed by atoms with van der Waals surface area (Å²) in [5.74, 6) is 1.54. The smallest absolute Gasteiger partial charge is 0.161 e. The average Bonchev–Trinajstić information content (AvgIpc) is 3.01. The third-order valence-electron chi connectivity index (χ3n) is 3.59. The standard InChI is InChI=1S/C17H24N2O2S/c1-5-17-18-14(12-22-17)11-19(6-2)10-13-7-8-15(20-3)16(9-13)21-4/h7-9,12H,5-6,10-11H2,1-4H3. The van der Waals surface area contributed by atoms with E-state index in [1.165, 1.54) is 10.6 Å². The van der Waals surface area contributed by atoms with Crippen LogP contribution in [0.3, 0.4) is 0 Å². The Kier molecular flexibility index (Phi) is 6.21. The molecular weight excluding hydrogens is 296 g/mol. The molecular formula is C17H24N2O2S. The SMILES string of the molecule is CCc1nc(CN(CC)Cc2ccc(OC)c(OC)c2)cs1. The Morgan fingerprint density at radius 3 is 2.45 bits per heavy atom. The predicted molar refractivity (Wildman–Crippen MR) is 90.8 cm³/mol. The van der Waals surface area contributed by atoms with Crippen LogP contribution in [0.5, 0.6) is 11.5 Å². The van der Waals surface area contributed by atoms with Crippen molar-refractivity contribution in [2.45, 2.75) is 33.4 Å². The number of hydrogen-bond acceptors (Lipinski definition) is 5. The molecule has 4 nitrogen and oxygen atoms in total. The Hall–Kier alpha value is -1.59. The van der Waals surface area contributed by atoms with E-state index >= 15 is 0 Å². The number of nitrogens with zero attached hydrogens (tertiary/aromatic N) is 2. The molecule has 0 saturated carbocycles. The van der Waals surface area contributed by atoms with Gasteiger partial charge in [0, 0.05) is 18.5 Å². The van der Waals surface area contributed by atoms with E-state index in [-0.39, 0.29) is 0 Å². The highest BCUT2D eigenvalue weighted by atomic mass is 32.1. The molecule has 0 amide bonds. The van der Waals surface area contributed by atoms with Crippen LogP contribution in [0.15, 0.2) is 23.6 Å². The zero-order valence-corrected chi connectivity index (χ0v) is 14.6. The van der Waals surface area contributed by atoms with Gasteiger partial charge in [-0.1, -0.05) is 19.9 Å². The highest BCUT2D eigenvalue weighted by Crippen LogP contribution is 2.28. The second-order valence-corrected chi connectivity index (χ2v) is 6.02. The lowest BCUT2D eigenvalue weighted by Crippen LogP contribution is -2.22. The van der Waals surface area contributed by atoms with Gasteiger partial charge in [0.05, 0.1) is 24.9 Å². The first-order valence-electron chi connectivity index (χ1n) is 7.56. The summed E-state index contributed by atoms with van der Waals surface area (Å²) in [6.45, 7) is 7.04. The van der Waals surface area contributed by atoms with Gasteiger partial charge in [-0.25, -0.2) is 4.98 Å². The third kappa shape index (κ3) is 4.21. The Labute approximate surface area is 136 Å². The molecule has 0 aliphatic heterocycles. The van der Waals surface area contributed by atoms with Crippen LogP contribution in [0.1, 0.15) is 30.1 Å². The predicted octanol–water partition coefficient (Wildman–Crippen LogP) is 3.74. The first kappa shape index (κ1) is 16.8. The molecule has 5 heteroatoms. The van der Waals surface area contributed by atoms with E-state index in [1.807, 2.05) is 12.1 Å². The molecule has 1 aromatic carbocycles. The monoisotopic (exact) mass is 320 g/mol. The van der Waals surface area contributed by atoms with Crippen molar-refractivity contribution in [3.8, 4) is 11.5 Å². The van der Waals surface area contributed by atoms with Gasteiger partial charge in [0.2, 0.25) is 0 Å². The minimum absolute atomic E-state index is 0.765. The molecule has 0 aliphatic carbocycles. The van der Waals surface area contributed by atoms with Gasteiger partial charge in [0.25, 0.3) is 0 Å². The molecule has 1 aromatic heterocycles. The van der Waals surface area contributed by atoms with Gasteiger partial charge in [-0.3, -0.25) is 4.90 Å². The highest BCUT2D eigenvalue weighted by molar-refractivity contribution is 7.09. The van der Waals surface area contributed by atoms with Gasteiger partial charge >= 0.3 is 0 Å². The zero-order valence-electron chi connectivity index (χ0n) is 13.8. The first-order chi connectivity index (χ1) is 10.7. The van der Waals surface area contributed by atoms with E-state index < -0.39 is 0 Å². The third-order valence-corrected chi connectivity index (χ3v) is 4.63. The number of rotatable bonds is 8. The Balaban J connectivity index is 2.06. The summed E-state index contributed by atoms with van der Waals surface area (Å²) in [4.78, 5) is 7.02. The van der Waals surface area contributed by atoms with Gasteiger partial charge in [0.15, 0.2) is 11.5 Å². The first-order valence-corrected chi connectivity index (χ1v) is 8.44. The number of ether oxygens (including phenoxy) is 2. The molecule has 0 unspecified atom stereocenters. The van der Waals surface area contributed by atoms with Crippen LogP contribution in [0, 0.1) is 0 Å². The number of aromatic nitrogens is 1. The Morgan fingerprint density at radius 1 is 1.09 bits per heavy atom. The summed E-state index contributed by atoms with van der Waals surface area (Å²) in [7, 11) is 3.32. The van der Waals surface area contributed by atoms with Crippen molar-refractivity contribution in [1.29, 1.82) is 0 Å². The van der Waals surface area contributed by atoms with Crippen LogP contribution in [-0.4, -0.2) is 30.6 Å². The maximum atomic E-state index is 5.37. The molecule has 0 fully saturated rings. The summed E-state index contributed by atoms with van der Waals surface area (Å²) < 4.78 is 10.7. The van der Waals surface area contributed by atoms with E-state index in [0.29, 0.717) is 0 Å². The van der Waals surface area contributed by atoms with E-state index in [9.17, 15) is 0 Å². The average molecular weight is 320 g/mol. The van der Waals surface area contributed by atoms with Crippen molar-refractivity contribution >= 4 is 11.3 Å². The normalized spacial score (nSPS) is 11.0. The van der Waals surface area contributed by atoms with Gasteiger partial charge in [0.1, 0.15) is 0 Å². The fraction of sp³-hybridized carbons (Fsp3) is 0.471. The Morgan fingerprint density at radius 2 is 1.86 bits per heavy atom. The van der Waals surface area contributed by atoms with Crippen LogP contribution in [0.25, 0.3) is 0 Å². The van der Waals surface area contributed by atoms with Gasteiger partial charge in [-0.15, -0.1) is 11.3 Å². The van der Waals surface area contributed by atoms with E-state index in [4.69, 9.17) is 9.47 Å². The minimum Gasteiger partial charge on any atom is -0.493 e. The van der Waals surface area contributed by atoms with Crippen molar-refractivity contribution in [1.82, 2.24) is 9.88 Å². The van der Waals surface area contributed by atoms with Crippen molar-refractivity contribution < 1.29 is 9.47 Å². The number of thiazole rings is 1. The molecule has 22 heavy (non-hydrogen) atoms.